The standard InChI is InChI=1S/C14H19ClN6O2/c1-3-9-11(12(15)20(2)18-9)13(22)21-6-4-5-14(23,8-21)10-7-16-19-17-10/h7,23H,3-6,8H2,1-2H3,(H,16,17,19). The number of amides is 1. The number of aromatic amines is 1. The molecule has 1 amide bonds. The minimum absolute atomic E-state index is 0.159. The monoisotopic (exact) mass is 338 g/mol. The summed E-state index contributed by atoms with van der Waals surface area (Å²) in [5, 5.41) is 25.6. The van der Waals surface area contributed by atoms with Crippen LogP contribution >= 0.6 is 11.6 Å². The molecule has 1 saturated heterocycles. The largest absolute Gasteiger partial charge is 0.382 e. The molecule has 2 N–H and O–H groups in total. The highest BCUT2D eigenvalue weighted by atomic mass is 35.5. The van der Waals surface area contributed by atoms with Crippen molar-refractivity contribution < 1.29 is 9.90 Å². The van der Waals surface area contributed by atoms with Gasteiger partial charge < -0.3 is 10.0 Å². The van der Waals surface area contributed by atoms with Crippen molar-refractivity contribution >= 4 is 17.5 Å². The van der Waals surface area contributed by atoms with Gasteiger partial charge >= 0.3 is 0 Å². The van der Waals surface area contributed by atoms with E-state index in [4.69, 9.17) is 11.6 Å². The number of carbonyl (C=O) groups excluding carboxylic acids is 1. The van der Waals surface area contributed by atoms with Gasteiger partial charge in [-0.1, -0.05) is 18.5 Å². The Kier molecular flexibility index (Phi) is 4.11. The molecule has 3 rings (SSSR count). The highest BCUT2D eigenvalue weighted by Gasteiger charge is 2.40. The van der Waals surface area contributed by atoms with E-state index in [0.717, 1.165) is 0 Å². The number of aromatic nitrogens is 5. The van der Waals surface area contributed by atoms with Gasteiger partial charge in [-0.15, -0.1) is 0 Å². The Morgan fingerprint density at radius 1 is 1.57 bits per heavy atom. The predicted molar refractivity (Wildman–Crippen MR) is 83.0 cm³/mol. The second-order valence-corrected chi connectivity index (χ2v) is 6.16. The fourth-order valence-corrected chi connectivity index (χ4v) is 3.25. The molecule has 0 bridgehead atoms. The van der Waals surface area contributed by atoms with Crippen molar-refractivity contribution in [3.05, 3.63) is 28.3 Å². The predicted octanol–water partition coefficient (Wildman–Crippen LogP) is 0.878. The lowest BCUT2D eigenvalue weighted by molar-refractivity contribution is -0.0320. The average molecular weight is 339 g/mol. The highest BCUT2D eigenvalue weighted by molar-refractivity contribution is 6.33. The molecule has 9 heteroatoms. The highest BCUT2D eigenvalue weighted by Crippen LogP contribution is 2.31. The molecule has 0 aliphatic carbocycles. The zero-order valence-corrected chi connectivity index (χ0v) is 13.8. The smallest absolute Gasteiger partial charge is 0.259 e. The number of rotatable bonds is 3. The number of β-amino-alcohol motifs (C(OH)–C–C–N with tert-alkyl or cyclic N) is 1. The normalized spacial score (nSPS) is 21.7. The Balaban J connectivity index is 1.89. The van der Waals surface area contributed by atoms with Crippen LogP contribution < -0.4 is 0 Å². The molecule has 3 heterocycles. The van der Waals surface area contributed by atoms with E-state index in [1.807, 2.05) is 6.92 Å². The summed E-state index contributed by atoms with van der Waals surface area (Å²) >= 11 is 6.24. The molecular formula is C14H19ClN6O2. The van der Waals surface area contributed by atoms with Crippen molar-refractivity contribution in [1.82, 2.24) is 30.1 Å². The SMILES string of the molecule is CCc1nn(C)c(Cl)c1C(=O)N1CCCC(O)(c2cn[nH]n2)C1. The summed E-state index contributed by atoms with van der Waals surface area (Å²) in [5.74, 6) is -0.207. The lowest BCUT2D eigenvalue weighted by Crippen LogP contribution is -2.49. The van der Waals surface area contributed by atoms with Gasteiger partial charge in [0, 0.05) is 13.6 Å². The third-order valence-corrected chi connectivity index (χ3v) is 4.68. The molecule has 23 heavy (non-hydrogen) atoms. The van der Waals surface area contributed by atoms with Crippen molar-refractivity contribution in [3.63, 3.8) is 0 Å². The van der Waals surface area contributed by atoms with Gasteiger partial charge in [-0.2, -0.15) is 20.5 Å². The number of carbonyl (C=O) groups is 1. The van der Waals surface area contributed by atoms with Gasteiger partial charge in [0.1, 0.15) is 16.4 Å². The van der Waals surface area contributed by atoms with Crippen LogP contribution in [0.5, 0.6) is 0 Å². The van der Waals surface area contributed by atoms with Crippen LogP contribution in [-0.2, 0) is 19.1 Å². The summed E-state index contributed by atoms with van der Waals surface area (Å²) in [4.78, 5) is 14.5. The Bertz CT molecular complexity index is 713. The average Bonchev–Trinajstić information content (AvgIpc) is 3.16. The first-order valence-electron chi connectivity index (χ1n) is 7.55. The number of nitrogens with one attached hydrogen (secondary N) is 1. The number of piperidine rings is 1. The van der Waals surface area contributed by atoms with Crippen LogP contribution in [0.4, 0.5) is 0 Å². The molecular weight excluding hydrogens is 320 g/mol. The van der Waals surface area contributed by atoms with E-state index in [1.165, 1.54) is 10.9 Å². The maximum absolute atomic E-state index is 12.9. The van der Waals surface area contributed by atoms with Gasteiger partial charge in [0.2, 0.25) is 0 Å². The van der Waals surface area contributed by atoms with Gasteiger partial charge in [-0.3, -0.25) is 9.48 Å². The number of H-pyrrole nitrogens is 1. The van der Waals surface area contributed by atoms with Gasteiger partial charge in [-0.25, -0.2) is 0 Å². The minimum atomic E-state index is -1.19. The molecule has 0 spiro atoms. The van der Waals surface area contributed by atoms with E-state index in [-0.39, 0.29) is 12.5 Å². The number of hydrogen-bond acceptors (Lipinski definition) is 5. The lowest BCUT2D eigenvalue weighted by Gasteiger charge is -2.38. The molecule has 0 radical (unpaired) electrons. The Hall–Kier alpha value is -1.93. The van der Waals surface area contributed by atoms with Crippen molar-refractivity contribution in [1.29, 1.82) is 0 Å². The van der Waals surface area contributed by atoms with E-state index in [0.29, 0.717) is 47.9 Å². The molecule has 124 valence electrons. The van der Waals surface area contributed by atoms with Crippen molar-refractivity contribution in [2.75, 3.05) is 13.1 Å². The fraction of sp³-hybridized carbons (Fsp3) is 0.571. The van der Waals surface area contributed by atoms with E-state index in [1.54, 1.807) is 11.9 Å². The molecule has 1 fully saturated rings. The maximum atomic E-state index is 12.9. The quantitative estimate of drug-likeness (QED) is 0.865. The molecule has 0 aromatic carbocycles. The van der Waals surface area contributed by atoms with Crippen LogP contribution in [0.15, 0.2) is 6.20 Å². The summed E-state index contributed by atoms with van der Waals surface area (Å²) in [5.41, 5.74) is 0.337. The van der Waals surface area contributed by atoms with Crippen LogP contribution in [0.3, 0.4) is 0 Å². The van der Waals surface area contributed by atoms with Crippen LogP contribution in [0.2, 0.25) is 5.15 Å². The first-order valence-corrected chi connectivity index (χ1v) is 7.93. The van der Waals surface area contributed by atoms with Gasteiger partial charge in [-0.05, 0) is 19.3 Å². The van der Waals surface area contributed by atoms with Gasteiger partial charge in [0.05, 0.1) is 24.0 Å². The van der Waals surface area contributed by atoms with Gasteiger partial charge in [0.25, 0.3) is 5.91 Å². The van der Waals surface area contributed by atoms with Crippen LogP contribution in [0.1, 0.15) is 41.5 Å². The first-order chi connectivity index (χ1) is 11.0. The Morgan fingerprint density at radius 2 is 2.35 bits per heavy atom. The molecule has 2 aromatic rings. The summed E-state index contributed by atoms with van der Waals surface area (Å²) in [6.07, 6.45) is 3.31. The van der Waals surface area contributed by atoms with E-state index in [9.17, 15) is 9.90 Å². The molecule has 0 saturated carbocycles. The number of aliphatic hydroxyl groups is 1. The number of likely N-dealkylation sites (tertiary alicyclic amines) is 1. The summed E-state index contributed by atoms with van der Waals surface area (Å²) in [7, 11) is 1.71. The van der Waals surface area contributed by atoms with Crippen LogP contribution in [-0.4, -0.2) is 54.2 Å². The number of nitrogens with zero attached hydrogens (tertiary/aromatic N) is 5. The van der Waals surface area contributed by atoms with Crippen molar-refractivity contribution in [3.8, 4) is 0 Å². The molecule has 1 aliphatic rings. The number of hydrogen-bond donors (Lipinski definition) is 2. The minimum Gasteiger partial charge on any atom is -0.382 e. The summed E-state index contributed by atoms with van der Waals surface area (Å²) in [6.45, 7) is 2.65. The molecule has 1 atom stereocenters. The molecule has 1 unspecified atom stereocenters. The summed E-state index contributed by atoms with van der Waals surface area (Å²) < 4.78 is 1.50. The first kappa shape index (κ1) is 15.9. The zero-order valence-electron chi connectivity index (χ0n) is 13.1. The van der Waals surface area contributed by atoms with E-state index >= 15 is 0 Å². The van der Waals surface area contributed by atoms with Crippen molar-refractivity contribution in [2.45, 2.75) is 31.8 Å². The van der Waals surface area contributed by atoms with Crippen LogP contribution in [0.25, 0.3) is 0 Å². The second kappa shape index (κ2) is 5.93. The summed E-state index contributed by atoms with van der Waals surface area (Å²) in [6, 6.07) is 0. The topological polar surface area (TPSA) is 99.9 Å². The maximum Gasteiger partial charge on any atom is 0.259 e. The zero-order chi connectivity index (χ0) is 16.6. The number of aryl methyl sites for hydroxylation is 2. The number of halogens is 1. The third kappa shape index (κ3) is 2.72. The Labute approximate surface area is 138 Å². The van der Waals surface area contributed by atoms with E-state index < -0.39 is 5.60 Å². The van der Waals surface area contributed by atoms with E-state index in [2.05, 4.69) is 20.5 Å². The Morgan fingerprint density at radius 3 is 3.00 bits per heavy atom. The third-order valence-electron chi connectivity index (χ3n) is 4.25. The fourth-order valence-electron chi connectivity index (χ4n) is 3.02. The van der Waals surface area contributed by atoms with Crippen LogP contribution in [0, 0.1) is 0 Å². The molecule has 1 aliphatic heterocycles. The molecule has 2 aromatic heterocycles. The van der Waals surface area contributed by atoms with Crippen molar-refractivity contribution in [2.24, 2.45) is 7.05 Å². The molecule has 8 nitrogen and oxygen atoms in total. The lowest BCUT2D eigenvalue weighted by atomic mass is 9.89. The second-order valence-electron chi connectivity index (χ2n) is 5.81. The van der Waals surface area contributed by atoms with Gasteiger partial charge in [0.15, 0.2) is 0 Å².